The zero-order chi connectivity index (χ0) is 15.5. The molecule has 0 fully saturated rings. The van der Waals surface area contributed by atoms with Crippen LogP contribution in [0.15, 0.2) is 30.5 Å². The average molecular weight is 287 g/mol. The normalized spacial score (nSPS) is 12.5. The van der Waals surface area contributed by atoms with Crippen LogP contribution < -0.4 is 5.32 Å². The lowest BCUT2D eigenvalue weighted by Crippen LogP contribution is -2.32. The number of rotatable bonds is 4. The third-order valence-corrected chi connectivity index (χ3v) is 2.79. The van der Waals surface area contributed by atoms with Gasteiger partial charge in [-0.1, -0.05) is 12.1 Å². The van der Waals surface area contributed by atoms with Crippen molar-refractivity contribution >= 4 is 22.6 Å². The number of ether oxygens (including phenoxy) is 1. The molecule has 1 heterocycles. The van der Waals surface area contributed by atoms with Crippen LogP contribution in [0, 0.1) is 0 Å². The number of benzene rings is 1. The van der Waals surface area contributed by atoms with Gasteiger partial charge in [0.2, 0.25) is 0 Å². The molecule has 21 heavy (non-hydrogen) atoms. The van der Waals surface area contributed by atoms with E-state index in [0.717, 1.165) is 11.0 Å². The average Bonchev–Trinajstić information content (AvgIpc) is 2.81. The molecule has 0 radical (unpaired) electrons. The maximum Gasteiger partial charge on any atom is 0.343 e. The zero-order valence-electron chi connectivity index (χ0n) is 12.9. The van der Waals surface area contributed by atoms with E-state index in [1.54, 1.807) is 13.1 Å². The maximum atomic E-state index is 12.1. The van der Waals surface area contributed by atoms with Crippen molar-refractivity contribution in [2.45, 2.75) is 33.2 Å². The van der Waals surface area contributed by atoms with Crippen LogP contribution in [0.2, 0.25) is 0 Å². The predicted octanol–water partition coefficient (Wildman–Crippen LogP) is 2.86. The van der Waals surface area contributed by atoms with Crippen molar-refractivity contribution in [1.82, 2.24) is 15.3 Å². The highest BCUT2D eigenvalue weighted by Gasteiger charge is 2.18. The monoisotopic (exact) mass is 287 g/mol. The fourth-order valence-corrected chi connectivity index (χ4v) is 1.80. The molecular weight excluding hydrogens is 266 g/mol. The first kappa shape index (κ1) is 15.1. The van der Waals surface area contributed by atoms with Crippen LogP contribution in [0.3, 0.4) is 0 Å². The first-order valence-electron chi connectivity index (χ1n) is 7.01. The summed E-state index contributed by atoms with van der Waals surface area (Å²) in [6.07, 6.45) is 1.66. The SMILES string of the molecule is CCOC(=O)/C(=C\NC(C)(C)C)c1nc2ccccc2[nH]1. The van der Waals surface area contributed by atoms with Gasteiger partial charge in [0, 0.05) is 11.7 Å². The Bertz CT molecular complexity index is 632. The summed E-state index contributed by atoms with van der Waals surface area (Å²) in [6, 6.07) is 7.65. The van der Waals surface area contributed by atoms with Gasteiger partial charge in [-0.05, 0) is 39.8 Å². The minimum absolute atomic E-state index is 0.149. The Hall–Kier alpha value is -2.30. The van der Waals surface area contributed by atoms with Gasteiger partial charge in [0.25, 0.3) is 0 Å². The van der Waals surface area contributed by atoms with Crippen molar-refractivity contribution in [2.75, 3.05) is 6.61 Å². The van der Waals surface area contributed by atoms with Crippen LogP contribution in [-0.4, -0.2) is 28.1 Å². The molecule has 2 N–H and O–H groups in total. The first-order chi connectivity index (χ1) is 9.90. The summed E-state index contributed by atoms with van der Waals surface area (Å²) < 4.78 is 5.11. The highest BCUT2D eigenvalue weighted by molar-refractivity contribution is 6.15. The van der Waals surface area contributed by atoms with E-state index in [9.17, 15) is 4.79 Å². The summed E-state index contributed by atoms with van der Waals surface area (Å²) in [6.45, 7) is 8.16. The molecule has 0 aliphatic carbocycles. The molecule has 0 aliphatic heterocycles. The van der Waals surface area contributed by atoms with E-state index in [2.05, 4.69) is 15.3 Å². The molecule has 0 unspecified atom stereocenters. The number of imidazole rings is 1. The Morgan fingerprint density at radius 3 is 2.71 bits per heavy atom. The third-order valence-electron chi connectivity index (χ3n) is 2.79. The lowest BCUT2D eigenvalue weighted by atomic mass is 10.1. The Balaban J connectivity index is 2.40. The minimum atomic E-state index is -0.395. The second-order valence-corrected chi connectivity index (χ2v) is 5.78. The van der Waals surface area contributed by atoms with E-state index in [-0.39, 0.29) is 5.54 Å². The van der Waals surface area contributed by atoms with Gasteiger partial charge < -0.3 is 15.0 Å². The van der Waals surface area contributed by atoms with E-state index in [4.69, 9.17) is 4.74 Å². The van der Waals surface area contributed by atoms with Gasteiger partial charge in [-0.15, -0.1) is 0 Å². The van der Waals surface area contributed by atoms with E-state index in [1.807, 2.05) is 45.0 Å². The summed E-state index contributed by atoms with van der Waals surface area (Å²) in [5, 5.41) is 3.18. The zero-order valence-corrected chi connectivity index (χ0v) is 12.9. The largest absolute Gasteiger partial charge is 0.462 e. The Morgan fingerprint density at radius 1 is 1.38 bits per heavy atom. The number of hydrogen-bond donors (Lipinski definition) is 2. The standard InChI is InChI=1S/C16H21N3O2/c1-5-21-15(20)11(10-17-16(2,3)4)14-18-12-8-6-7-9-13(12)19-14/h6-10,17H,5H2,1-4H3,(H,18,19)/b11-10-. The van der Waals surface area contributed by atoms with E-state index >= 15 is 0 Å². The first-order valence-corrected chi connectivity index (χ1v) is 7.01. The predicted molar refractivity (Wildman–Crippen MR) is 83.6 cm³/mol. The van der Waals surface area contributed by atoms with Crippen molar-refractivity contribution < 1.29 is 9.53 Å². The molecule has 0 saturated heterocycles. The van der Waals surface area contributed by atoms with Crippen molar-refractivity contribution in [3.63, 3.8) is 0 Å². The molecule has 2 aromatic rings. The third kappa shape index (κ3) is 3.84. The lowest BCUT2D eigenvalue weighted by Gasteiger charge is -2.19. The number of H-pyrrole nitrogens is 1. The van der Waals surface area contributed by atoms with E-state index in [1.165, 1.54) is 0 Å². The van der Waals surface area contributed by atoms with Gasteiger partial charge in [-0.3, -0.25) is 0 Å². The number of hydrogen-bond acceptors (Lipinski definition) is 4. The number of esters is 1. The fraction of sp³-hybridized carbons (Fsp3) is 0.375. The Labute approximate surface area is 124 Å². The summed E-state index contributed by atoms with van der Waals surface area (Å²) in [7, 11) is 0. The van der Waals surface area contributed by atoms with Gasteiger partial charge in [-0.25, -0.2) is 9.78 Å². The number of aromatic nitrogens is 2. The summed E-state index contributed by atoms with van der Waals surface area (Å²) in [5.41, 5.74) is 1.95. The molecule has 5 nitrogen and oxygen atoms in total. The molecule has 0 bridgehead atoms. The molecule has 1 aromatic heterocycles. The molecule has 0 saturated carbocycles. The van der Waals surface area contributed by atoms with Crippen molar-refractivity contribution in [1.29, 1.82) is 0 Å². The van der Waals surface area contributed by atoms with Crippen LogP contribution in [0.4, 0.5) is 0 Å². The number of nitrogens with zero attached hydrogens (tertiary/aromatic N) is 1. The van der Waals surface area contributed by atoms with Crippen LogP contribution in [-0.2, 0) is 9.53 Å². The number of fused-ring (bicyclic) bond motifs is 1. The smallest absolute Gasteiger partial charge is 0.343 e. The van der Waals surface area contributed by atoms with Gasteiger partial charge in [-0.2, -0.15) is 0 Å². The molecular formula is C16H21N3O2. The van der Waals surface area contributed by atoms with Gasteiger partial charge in [0.1, 0.15) is 11.4 Å². The number of carbonyl (C=O) groups is 1. The van der Waals surface area contributed by atoms with Crippen LogP contribution in [0.1, 0.15) is 33.5 Å². The van der Waals surface area contributed by atoms with Crippen molar-refractivity contribution in [3.8, 4) is 0 Å². The molecule has 0 amide bonds. The molecule has 1 aromatic carbocycles. The van der Waals surface area contributed by atoms with Gasteiger partial charge in [0.05, 0.1) is 17.6 Å². The van der Waals surface area contributed by atoms with E-state index in [0.29, 0.717) is 18.0 Å². The van der Waals surface area contributed by atoms with Gasteiger partial charge >= 0.3 is 5.97 Å². The van der Waals surface area contributed by atoms with Crippen LogP contribution in [0.5, 0.6) is 0 Å². The molecule has 5 heteroatoms. The number of nitrogens with one attached hydrogen (secondary N) is 2. The molecule has 112 valence electrons. The maximum absolute atomic E-state index is 12.1. The topological polar surface area (TPSA) is 67.0 Å². The Kier molecular flexibility index (Phi) is 4.31. The van der Waals surface area contributed by atoms with Crippen molar-refractivity contribution in [3.05, 3.63) is 36.3 Å². The second kappa shape index (κ2) is 5.99. The lowest BCUT2D eigenvalue weighted by molar-refractivity contribution is -0.136. The number of aromatic amines is 1. The highest BCUT2D eigenvalue weighted by atomic mass is 16.5. The number of para-hydroxylation sites is 2. The van der Waals surface area contributed by atoms with E-state index < -0.39 is 5.97 Å². The minimum Gasteiger partial charge on any atom is -0.462 e. The molecule has 2 rings (SSSR count). The van der Waals surface area contributed by atoms with Gasteiger partial charge in [0.15, 0.2) is 0 Å². The van der Waals surface area contributed by atoms with Crippen molar-refractivity contribution in [2.24, 2.45) is 0 Å². The quantitative estimate of drug-likeness (QED) is 0.670. The summed E-state index contributed by atoms with van der Waals surface area (Å²) in [5.74, 6) is 0.111. The fourth-order valence-electron chi connectivity index (χ4n) is 1.80. The van der Waals surface area contributed by atoms with Crippen LogP contribution >= 0.6 is 0 Å². The molecule has 0 spiro atoms. The highest BCUT2D eigenvalue weighted by Crippen LogP contribution is 2.18. The molecule has 0 atom stereocenters. The summed E-state index contributed by atoms with van der Waals surface area (Å²) >= 11 is 0. The number of carbonyl (C=O) groups excluding carboxylic acids is 1. The second-order valence-electron chi connectivity index (χ2n) is 5.78. The molecule has 0 aliphatic rings. The van der Waals surface area contributed by atoms with Crippen LogP contribution in [0.25, 0.3) is 16.6 Å². The Morgan fingerprint density at radius 2 is 2.10 bits per heavy atom. The summed E-state index contributed by atoms with van der Waals surface area (Å²) in [4.78, 5) is 19.8.